The van der Waals surface area contributed by atoms with Crippen LogP contribution in [0.25, 0.3) is 0 Å². The number of H-pyrrole nitrogens is 1. The van der Waals surface area contributed by atoms with Crippen molar-refractivity contribution in [2.75, 3.05) is 6.54 Å². The predicted molar refractivity (Wildman–Crippen MR) is 51.6 cm³/mol. The van der Waals surface area contributed by atoms with Crippen LogP contribution in [0.1, 0.15) is 19.0 Å². The Kier molecular flexibility index (Phi) is 4.12. The van der Waals surface area contributed by atoms with Crippen molar-refractivity contribution in [2.24, 2.45) is 0 Å². The number of nitrogens with one attached hydrogen (secondary N) is 2. The minimum absolute atomic E-state index is 0.0603. The molecule has 0 aromatic carbocycles. The zero-order valence-corrected chi connectivity index (χ0v) is 8.16. The maximum atomic E-state index is 11.3. The van der Waals surface area contributed by atoms with Gasteiger partial charge in [-0.2, -0.15) is 5.10 Å². The molecule has 1 aromatic heterocycles. The second-order valence-corrected chi connectivity index (χ2v) is 3.25. The number of rotatable bonds is 5. The van der Waals surface area contributed by atoms with Gasteiger partial charge in [-0.1, -0.05) is 0 Å². The molecule has 14 heavy (non-hydrogen) atoms. The first-order chi connectivity index (χ1) is 6.68. The van der Waals surface area contributed by atoms with E-state index in [2.05, 4.69) is 15.5 Å². The molecule has 0 saturated carbocycles. The van der Waals surface area contributed by atoms with Crippen molar-refractivity contribution in [3.05, 3.63) is 18.0 Å². The highest BCUT2D eigenvalue weighted by Gasteiger charge is 2.03. The van der Waals surface area contributed by atoms with E-state index in [0.29, 0.717) is 19.4 Å². The highest BCUT2D eigenvalue weighted by molar-refractivity contribution is 5.77. The molecule has 5 heteroatoms. The SMILES string of the molecule is CC(O)CCNC(=O)Cc1ccn[nH]1. The van der Waals surface area contributed by atoms with Crippen molar-refractivity contribution in [2.45, 2.75) is 25.9 Å². The summed E-state index contributed by atoms with van der Waals surface area (Å²) in [6.07, 6.45) is 2.12. The van der Waals surface area contributed by atoms with Gasteiger partial charge < -0.3 is 10.4 Å². The van der Waals surface area contributed by atoms with Gasteiger partial charge in [-0.25, -0.2) is 0 Å². The van der Waals surface area contributed by atoms with Crippen LogP contribution in [0.15, 0.2) is 12.3 Å². The third kappa shape index (κ3) is 4.04. The molecule has 0 spiro atoms. The lowest BCUT2D eigenvalue weighted by Gasteiger charge is -2.05. The molecular formula is C9H15N3O2. The third-order valence-corrected chi connectivity index (χ3v) is 1.79. The molecule has 78 valence electrons. The van der Waals surface area contributed by atoms with E-state index in [-0.39, 0.29) is 12.0 Å². The first-order valence-corrected chi connectivity index (χ1v) is 4.61. The highest BCUT2D eigenvalue weighted by Crippen LogP contribution is 1.93. The molecule has 0 aliphatic carbocycles. The van der Waals surface area contributed by atoms with Crippen molar-refractivity contribution >= 4 is 5.91 Å². The molecule has 1 amide bonds. The van der Waals surface area contributed by atoms with Crippen molar-refractivity contribution < 1.29 is 9.90 Å². The molecule has 3 N–H and O–H groups in total. The summed E-state index contributed by atoms with van der Waals surface area (Å²) in [5, 5.41) is 18.1. The monoisotopic (exact) mass is 197 g/mol. The van der Waals surface area contributed by atoms with Crippen LogP contribution >= 0.6 is 0 Å². The van der Waals surface area contributed by atoms with E-state index in [1.165, 1.54) is 0 Å². The fraction of sp³-hybridized carbons (Fsp3) is 0.556. The lowest BCUT2D eigenvalue weighted by atomic mass is 10.2. The summed E-state index contributed by atoms with van der Waals surface area (Å²) in [5.41, 5.74) is 0.791. The van der Waals surface area contributed by atoms with Gasteiger partial charge in [0.15, 0.2) is 0 Å². The number of aliphatic hydroxyl groups is 1. The molecule has 1 heterocycles. The number of aromatic amines is 1. The largest absolute Gasteiger partial charge is 0.393 e. The number of hydrogen-bond donors (Lipinski definition) is 3. The van der Waals surface area contributed by atoms with Gasteiger partial charge in [0.1, 0.15) is 0 Å². The molecule has 0 aliphatic rings. The van der Waals surface area contributed by atoms with Gasteiger partial charge in [0.25, 0.3) is 0 Å². The Balaban J connectivity index is 2.17. The van der Waals surface area contributed by atoms with Gasteiger partial charge in [-0.3, -0.25) is 9.89 Å². The summed E-state index contributed by atoms with van der Waals surface area (Å²) in [7, 11) is 0. The van der Waals surface area contributed by atoms with Crippen LogP contribution in [0.5, 0.6) is 0 Å². The number of nitrogens with zero attached hydrogens (tertiary/aromatic N) is 1. The Morgan fingerprint density at radius 3 is 3.14 bits per heavy atom. The molecule has 0 aliphatic heterocycles. The zero-order chi connectivity index (χ0) is 10.4. The number of carbonyl (C=O) groups excluding carboxylic acids is 1. The van der Waals surface area contributed by atoms with Crippen LogP contribution in [-0.4, -0.2) is 33.9 Å². The number of carbonyl (C=O) groups is 1. The van der Waals surface area contributed by atoms with E-state index in [0.717, 1.165) is 5.69 Å². The van der Waals surface area contributed by atoms with E-state index in [9.17, 15) is 4.79 Å². The van der Waals surface area contributed by atoms with Crippen LogP contribution in [0.2, 0.25) is 0 Å². The Morgan fingerprint density at radius 1 is 1.79 bits per heavy atom. The Bertz CT molecular complexity index is 270. The smallest absolute Gasteiger partial charge is 0.225 e. The van der Waals surface area contributed by atoms with Gasteiger partial charge in [0, 0.05) is 18.4 Å². The number of aliphatic hydroxyl groups excluding tert-OH is 1. The van der Waals surface area contributed by atoms with E-state index in [1.54, 1.807) is 19.2 Å². The molecule has 5 nitrogen and oxygen atoms in total. The van der Waals surface area contributed by atoms with E-state index < -0.39 is 0 Å². The van der Waals surface area contributed by atoms with Crippen LogP contribution in [0.4, 0.5) is 0 Å². The lowest BCUT2D eigenvalue weighted by molar-refractivity contribution is -0.120. The highest BCUT2D eigenvalue weighted by atomic mass is 16.3. The van der Waals surface area contributed by atoms with E-state index >= 15 is 0 Å². The van der Waals surface area contributed by atoms with Crippen molar-refractivity contribution in [1.29, 1.82) is 0 Å². The fourth-order valence-electron chi connectivity index (χ4n) is 1.04. The normalized spacial score (nSPS) is 12.4. The second kappa shape index (κ2) is 5.39. The van der Waals surface area contributed by atoms with E-state index in [4.69, 9.17) is 5.11 Å². The summed E-state index contributed by atoms with van der Waals surface area (Å²) in [5.74, 6) is -0.0603. The van der Waals surface area contributed by atoms with Gasteiger partial charge in [-0.15, -0.1) is 0 Å². The van der Waals surface area contributed by atoms with Gasteiger partial charge in [-0.05, 0) is 19.4 Å². The Hall–Kier alpha value is -1.36. The van der Waals surface area contributed by atoms with Crippen molar-refractivity contribution in [3.8, 4) is 0 Å². The molecule has 0 fully saturated rings. The van der Waals surface area contributed by atoms with Gasteiger partial charge in [0.2, 0.25) is 5.91 Å². The quantitative estimate of drug-likeness (QED) is 0.613. The molecule has 1 aromatic rings. The fourth-order valence-corrected chi connectivity index (χ4v) is 1.04. The average Bonchev–Trinajstić information content (AvgIpc) is 2.56. The third-order valence-electron chi connectivity index (χ3n) is 1.79. The topological polar surface area (TPSA) is 78.0 Å². The van der Waals surface area contributed by atoms with Crippen LogP contribution in [-0.2, 0) is 11.2 Å². The van der Waals surface area contributed by atoms with Gasteiger partial charge in [0.05, 0.1) is 12.5 Å². The summed E-state index contributed by atoms with van der Waals surface area (Å²) in [4.78, 5) is 11.3. The summed E-state index contributed by atoms with van der Waals surface area (Å²) in [6, 6.07) is 1.76. The maximum Gasteiger partial charge on any atom is 0.225 e. The number of aromatic nitrogens is 2. The van der Waals surface area contributed by atoms with E-state index in [1.807, 2.05) is 0 Å². The predicted octanol–water partition coefficient (Wildman–Crippen LogP) is -0.161. The molecule has 0 radical (unpaired) electrons. The Morgan fingerprint density at radius 2 is 2.57 bits per heavy atom. The molecule has 0 bridgehead atoms. The average molecular weight is 197 g/mol. The summed E-state index contributed by atoms with van der Waals surface area (Å²) >= 11 is 0. The molecular weight excluding hydrogens is 182 g/mol. The van der Waals surface area contributed by atoms with Crippen LogP contribution in [0.3, 0.4) is 0 Å². The van der Waals surface area contributed by atoms with Crippen molar-refractivity contribution in [1.82, 2.24) is 15.5 Å². The lowest BCUT2D eigenvalue weighted by Crippen LogP contribution is -2.28. The second-order valence-electron chi connectivity index (χ2n) is 3.25. The molecule has 1 unspecified atom stereocenters. The summed E-state index contributed by atoms with van der Waals surface area (Å²) in [6.45, 7) is 2.20. The minimum atomic E-state index is -0.373. The van der Waals surface area contributed by atoms with Crippen LogP contribution in [0, 0.1) is 0 Å². The van der Waals surface area contributed by atoms with Crippen molar-refractivity contribution in [3.63, 3.8) is 0 Å². The first kappa shape index (κ1) is 10.7. The van der Waals surface area contributed by atoms with Gasteiger partial charge >= 0.3 is 0 Å². The number of amides is 1. The standard InChI is InChI=1S/C9H15N3O2/c1-7(13)2-4-10-9(14)6-8-3-5-11-12-8/h3,5,7,13H,2,4,6H2,1H3,(H,10,14)(H,11,12). The Labute approximate surface area is 82.5 Å². The molecule has 1 rings (SSSR count). The minimum Gasteiger partial charge on any atom is -0.393 e. The number of hydrogen-bond acceptors (Lipinski definition) is 3. The maximum absolute atomic E-state index is 11.3. The zero-order valence-electron chi connectivity index (χ0n) is 8.16. The summed E-state index contributed by atoms with van der Waals surface area (Å²) < 4.78 is 0. The van der Waals surface area contributed by atoms with Crippen LogP contribution < -0.4 is 5.32 Å². The molecule has 1 atom stereocenters. The first-order valence-electron chi connectivity index (χ1n) is 4.61. The molecule has 0 saturated heterocycles.